The summed E-state index contributed by atoms with van der Waals surface area (Å²) in [5, 5.41) is 19.9. The van der Waals surface area contributed by atoms with Crippen molar-refractivity contribution < 1.29 is 33.6 Å². The fraction of sp³-hybridized carbons (Fsp3) is 0.414. The van der Waals surface area contributed by atoms with Crippen LogP contribution in [0.4, 0.5) is 4.79 Å². The zero-order valence-corrected chi connectivity index (χ0v) is 24.0. The van der Waals surface area contributed by atoms with Crippen LogP contribution < -0.4 is 30.3 Å². The molecule has 2 atom stereocenters. The Hall–Kier alpha value is -4.25. The van der Waals surface area contributed by atoms with Gasteiger partial charge < -0.3 is 34.7 Å². The molecule has 11 nitrogen and oxygen atoms in total. The molecule has 0 spiro atoms. The molecule has 0 saturated heterocycles. The van der Waals surface area contributed by atoms with Crippen LogP contribution in [0.3, 0.4) is 0 Å². The largest absolute Gasteiger partial charge is 0.496 e. The molecule has 0 radical (unpaired) electrons. The van der Waals surface area contributed by atoms with Crippen molar-refractivity contribution in [2.75, 3.05) is 27.4 Å². The SMILES string of the molecule is CCOc1cc([C@@H]2NC(=O)NC(C)=C2C(=O)OC)ccc1OC[C@@H](O)N/N=C\c1cc(C(C)C)c(OC)cc1C. The normalized spacial score (nSPS) is 15.9. The molecule has 0 saturated carbocycles. The molecule has 2 aromatic rings. The number of esters is 1. The average molecular weight is 555 g/mol. The van der Waals surface area contributed by atoms with Crippen LogP contribution in [0.15, 0.2) is 46.7 Å². The average Bonchev–Trinajstić information content (AvgIpc) is 2.92. The van der Waals surface area contributed by atoms with E-state index in [1.807, 2.05) is 26.0 Å². The number of ether oxygens (including phenoxy) is 4. The molecule has 0 fully saturated rings. The maximum atomic E-state index is 12.4. The highest BCUT2D eigenvalue weighted by atomic mass is 16.5. The van der Waals surface area contributed by atoms with Crippen LogP contribution in [0.2, 0.25) is 0 Å². The van der Waals surface area contributed by atoms with Crippen LogP contribution in [0.1, 0.15) is 61.9 Å². The van der Waals surface area contributed by atoms with Gasteiger partial charge in [0.1, 0.15) is 12.4 Å². The summed E-state index contributed by atoms with van der Waals surface area (Å²) >= 11 is 0. The Morgan fingerprint density at radius 2 is 1.88 bits per heavy atom. The number of methoxy groups -OCH3 is 2. The van der Waals surface area contributed by atoms with E-state index in [1.54, 1.807) is 38.4 Å². The van der Waals surface area contributed by atoms with Crippen molar-refractivity contribution in [3.05, 3.63) is 63.9 Å². The third-order valence-corrected chi connectivity index (χ3v) is 6.34. The highest BCUT2D eigenvalue weighted by Crippen LogP contribution is 2.35. The van der Waals surface area contributed by atoms with Gasteiger partial charge in [-0.2, -0.15) is 5.10 Å². The van der Waals surface area contributed by atoms with Crippen LogP contribution in [0.25, 0.3) is 0 Å². The number of allylic oxidation sites excluding steroid dienone is 1. The Labute approximate surface area is 234 Å². The molecule has 3 rings (SSSR count). The molecule has 1 aliphatic rings. The first-order chi connectivity index (χ1) is 19.1. The molecule has 0 aromatic heterocycles. The molecule has 11 heteroatoms. The highest BCUT2D eigenvalue weighted by Gasteiger charge is 2.32. The van der Waals surface area contributed by atoms with Crippen LogP contribution in [-0.4, -0.2) is 57.0 Å². The van der Waals surface area contributed by atoms with Gasteiger partial charge in [-0.25, -0.2) is 9.59 Å². The molecule has 2 aromatic carbocycles. The minimum atomic E-state index is -1.10. The quantitative estimate of drug-likeness (QED) is 0.135. The molecule has 2 amide bonds. The first-order valence-electron chi connectivity index (χ1n) is 13.0. The summed E-state index contributed by atoms with van der Waals surface area (Å²) in [6.07, 6.45) is 0.542. The predicted molar refractivity (Wildman–Crippen MR) is 151 cm³/mol. The highest BCUT2D eigenvalue weighted by molar-refractivity contribution is 5.95. The zero-order chi connectivity index (χ0) is 29.4. The number of hydrazone groups is 1. The number of benzene rings is 2. The molecular weight excluding hydrogens is 516 g/mol. The molecular formula is C29H38N4O7. The zero-order valence-electron chi connectivity index (χ0n) is 24.0. The van der Waals surface area contributed by atoms with Gasteiger partial charge >= 0.3 is 12.0 Å². The van der Waals surface area contributed by atoms with Gasteiger partial charge in [0.15, 0.2) is 17.7 Å². The van der Waals surface area contributed by atoms with Crippen molar-refractivity contribution in [3.8, 4) is 17.2 Å². The number of nitrogens with zero attached hydrogens (tertiary/aromatic N) is 1. The van der Waals surface area contributed by atoms with Gasteiger partial charge in [-0.3, -0.25) is 5.43 Å². The van der Waals surface area contributed by atoms with Crippen molar-refractivity contribution in [1.82, 2.24) is 16.1 Å². The fourth-order valence-electron chi connectivity index (χ4n) is 4.30. The smallest absolute Gasteiger partial charge is 0.337 e. The molecule has 0 unspecified atom stereocenters. The molecule has 1 heterocycles. The number of hydrogen-bond acceptors (Lipinski definition) is 9. The predicted octanol–water partition coefficient (Wildman–Crippen LogP) is 3.65. The van der Waals surface area contributed by atoms with Gasteiger partial charge in [-0.1, -0.05) is 19.9 Å². The van der Waals surface area contributed by atoms with Crippen LogP contribution in [0, 0.1) is 6.92 Å². The molecule has 1 aliphatic heterocycles. The Morgan fingerprint density at radius 3 is 2.52 bits per heavy atom. The maximum absolute atomic E-state index is 12.4. The minimum absolute atomic E-state index is 0.119. The number of hydrogen-bond donors (Lipinski definition) is 4. The number of rotatable bonds is 12. The van der Waals surface area contributed by atoms with Gasteiger partial charge in [-0.15, -0.1) is 0 Å². The van der Waals surface area contributed by atoms with E-state index in [9.17, 15) is 14.7 Å². The number of urea groups is 1. The Balaban J connectivity index is 1.71. The number of aliphatic hydroxyl groups excluding tert-OH is 1. The second-order valence-corrected chi connectivity index (χ2v) is 9.52. The number of carbonyl (C=O) groups is 2. The summed E-state index contributed by atoms with van der Waals surface area (Å²) in [7, 11) is 2.93. The van der Waals surface area contributed by atoms with Crippen molar-refractivity contribution in [2.45, 2.75) is 52.8 Å². The van der Waals surface area contributed by atoms with Crippen LogP contribution >= 0.6 is 0 Å². The third-order valence-electron chi connectivity index (χ3n) is 6.34. The van der Waals surface area contributed by atoms with Crippen LogP contribution in [0.5, 0.6) is 17.2 Å². The molecule has 216 valence electrons. The number of aliphatic hydroxyl groups is 1. The molecule has 0 bridgehead atoms. The van der Waals surface area contributed by atoms with Gasteiger partial charge in [0.25, 0.3) is 0 Å². The third kappa shape index (κ3) is 7.23. The summed E-state index contributed by atoms with van der Waals surface area (Å²) in [6, 6.07) is 7.86. The maximum Gasteiger partial charge on any atom is 0.337 e. The lowest BCUT2D eigenvalue weighted by molar-refractivity contribution is -0.136. The monoisotopic (exact) mass is 554 g/mol. The standard InChI is InChI=1S/C29H38N4O7/c1-8-39-24-13-19(27-26(28(35)38-7)18(5)31-29(36)32-27)9-10-22(24)40-15-25(34)33-30-14-20-12-21(16(2)3)23(37-6)11-17(20)4/h9-14,16,25,27,33-34H,8,15H2,1-7H3,(H2,31,32,36)/b30-14-/t25-,27+/m1/s1. The lowest BCUT2D eigenvalue weighted by Crippen LogP contribution is -2.45. The van der Waals surface area contributed by atoms with Crippen LogP contribution in [-0.2, 0) is 9.53 Å². The topological polar surface area (TPSA) is 140 Å². The molecule has 0 aliphatic carbocycles. The number of carbonyl (C=O) groups excluding carboxylic acids is 2. The summed E-state index contributed by atoms with van der Waals surface area (Å²) in [6.45, 7) is 9.84. The molecule has 4 N–H and O–H groups in total. The Kier molecular flexibility index (Phi) is 10.4. The van der Waals surface area contributed by atoms with Gasteiger partial charge in [0, 0.05) is 5.70 Å². The summed E-state index contributed by atoms with van der Waals surface area (Å²) in [5.41, 5.74) is 6.92. The lowest BCUT2D eigenvalue weighted by atomic mass is 9.95. The summed E-state index contributed by atoms with van der Waals surface area (Å²) < 4.78 is 22.0. The van der Waals surface area contributed by atoms with Gasteiger partial charge in [0.05, 0.1) is 38.7 Å². The first kappa shape index (κ1) is 30.3. The second-order valence-electron chi connectivity index (χ2n) is 9.52. The number of nitrogens with one attached hydrogen (secondary N) is 3. The summed E-state index contributed by atoms with van der Waals surface area (Å²) in [4.78, 5) is 24.5. The Morgan fingerprint density at radius 1 is 1.12 bits per heavy atom. The van der Waals surface area contributed by atoms with E-state index in [4.69, 9.17) is 18.9 Å². The first-order valence-corrected chi connectivity index (χ1v) is 13.0. The fourth-order valence-corrected chi connectivity index (χ4v) is 4.30. The van der Waals surface area contributed by atoms with E-state index in [0.29, 0.717) is 29.4 Å². The second kappa shape index (κ2) is 13.7. The van der Waals surface area contributed by atoms with Crippen molar-refractivity contribution in [1.29, 1.82) is 0 Å². The lowest BCUT2D eigenvalue weighted by Gasteiger charge is -2.28. The molecule has 40 heavy (non-hydrogen) atoms. The van der Waals surface area contributed by atoms with E-state index >= 15 is 0 Å². The van der Waals surface area contributed by atoms with Crippen molar-refractivity contribution >= 4 is 18.2 Å². The van der Waals surface area contributed by atoms with E-state index in [2.05, 4.69) is 35.0 Å². The van der Waals surface area contributed by atoms with E-state index in [1.165, 1.54) is 7.11 Å². The number of aryl methyl sites for hydroxylation is 1. The van der Waals surface area contributed by atoms with E-state index in [0.717, 1.165) is 22.4 Å². The van der Waals surface area contributed by atoms with E-state index in [-0.39, 0.29) is 18.1 Å². The van der Waals surface area contributed by atoms with Gasteiger partial charge in [0.2, 0.25) is 0 Å². The summed E-state index contributed by atoms with van der Waals surface area (Å²) in [5.74, 6) is 1.31. The number of amides is 2. The van der Waals surface area contributed by atoms with Crippen molar-refractivity contribution in [3.63, 3.8) is 0 Å². The Bertz CT molecular complexity index is 1290. The van der Waals surface area contributed by atoms with Crippen molar-refractivity contribution in [2.24, 2.45) is 5.10 Å². The van der Waals surface area contributed by atoms with E-state index < -0.39 is 24.3 Å². The van der Waals surface area contributed by atoms with Gasteiger partial charge in [-0.05, 0) is 73.2 Å². The minimum Gasteiger partial charge on any atom is -0.496 e.